The van der Waals surface area contributed by atoms with E-state index in [9.17, 15) is 4.79 Å². The second kappa shape index (κ2) is 6.09. The van der Waals surface area contributed by atoms with Gasteiger partial charge in [-0.25, -0.2) is 0 Å². The van der Waals surface area contributed by atoms with Crippen LogP contribution in [0.2, 0.25) is 0 Å². The van der Waals surface area contributed by atoms with Crippen molar-refractivity contribution in [1.29, 1.82) is 0 Å². The summed E-state index contributed by atoms with van der Waals surface area (Å²) in [5.74, 6) is 0.708. The summed E-state index contributed by atoms with van der Waals surface area (Å²) in [4.78, 5) is 12.9. The average molecular weight is 274 g/mol. The summed E-state index contributed by atoms with van der Waals surface area (Å²) in [5.41, 5.74) is 1.91. The van der Waals surface area contributed by atoms with Crippen LogP contribution in [0.15, 0.2) is 24.3 Å². The summed E-state index contributed by atoms with van der Waals surface area (Å²) >= 11 is 0. The zero-order valence-corrected chi connectivity index (χ0v) is 13.1. The van der Waals surface area contributed by atoms with E-state index >= 15 is 0 Å². The number of rotatable bonds is 5. The second-order valence-corrected chi connectivity index (χ2v) is 6.78. The van der Waals surface area contributed by atoms with E-state index in [0.29, 0.717) is 12.5 Å². The summed E-state index contributed by atoms with van der Waals surface area (Å²) in [6.45, 7) is 8.72. The van der Waals surface area contributed by atoms with E-state index in [1.165, 1.54) is 24.8 Å². The minimum atomic E-state index is -0.367. The topological polar surface area (TPSA) is 26.3 Å². The van der Waals surface area contributed by atoms with Crippen LogP contribution in [0.1, 0.15) is 68.8 Å². The molecule has 110 valence electrons. The number of Topliss-reactive ketones (excluding diaryl/α,β-unsaturated/α-hetero) is 1. The molecule has 2 nitrogen and oxygen atoms in total. The number of ether oxygens (including phenoxy) is 1. The molecule has 2 rings (SSSR count). The number of ketones is 1. The first-order valence-electron chi connectivity index (χ1n) is 7.70. The van der Waals surface area contributed by atoms with Gasteiger partial charge in [0.15, 0.2) is 5.78 Å². The lowest BCUT2D eigenvalue weighted by Gasteiger charge is -2.32. The van der Waals surface area contributed by atoms with Crippen molar-refractivity contribution in [3.8, 4) is 0 Å². The van der Waals surface area contributed by atoms with Crippen molar-refractivity contribution in [1.82, 2.24) is 0 Å². The molecule has 0 spiro atoms. The minimum absolute atomic E-state index is 0.141. The molecule has 0 bridgehead atoms. The fourth-order valence-electron chi connectivity index (χ4n) is 2.82. The molecule has 20 heavy (non-hydrogen) atoms. The maximum atomic E-state index is 12.9. The fourth-order valence-corrected chi connectivity index (χ4v) is 2.82. The summed E-state index contributed by atoms with van der Waals surface area (Å²) in [6.07, 6.45) is 3.33. The van der Waals surface area contributed by atoms with E-state index in [1.807, 2.05) is 25.1 Å². The minimum Gasteiger partial charge on any atom is -0.370 e. The van der Waals surface area contributed by atoms with E-state index in [0.717, 1.165) is 5.56 Å². The van der Waals surface area contributed by atoms with Gasteiger partial charge in [0.25, 0.3) is 0 Å². The van der Waals surface area contributed by atoms with Gasteiger partial charge >= 0.3 is 0 Å². The number of carbonyl (C=O) groups excluding carboxylic acids is 1. The van der Waals surface area contributed by atoms with Gasteiger partial charge in [0.1, 0.15) is 6.10 Å². The smallest absolute Gasteiger partial charge is 0.192 e. The molecule has 1 aliphatic carbocycles. The Bertz CT molecular complexity index is 467. The van der Waals surface area contributed by atoms with Crippen molar-refractivity contribution in [2.24, 2.45) is 5.41 Å². The lowest BCUT2D eigenvalue weighted by Crippen LogP contribution is -2.37. The third-order valence-electron chi connectivity index (χ3n) is 4.13. The number of benzene rings is 1. The van der Waals surface area contributed by atoms with Gasteiger partial charge in [-0.1, -0.05) is 51.5 Å². The van der Waals surface area contributed by atoms with Crippen LogP contribution in [0, 0.1) is 5.41 Å². The molecule has 1 fully saturated rings. The highest BCUT2D eigenvalue weighted by atomic mass is 16.5. The normalized spacial score (nSPS) is 17.6. The molecule has 1 atom stereocenters. The molecule has 1 aliphatic rings. The van der Waals surface area contributed by atoms with Crippen LogP contribution in [0.25, 0.3) is 0 Å². The standard InChI is InChI=1S/C18H26O2/c1-5-20-17(18(2,3)4)16(19)15-12-7-6-11-14(15)13-9-8-10-13/h6-7,11-13,17H,5,8-10H2,1-4H3. The highest BCUT2D eigenvalue weighted by Crippen LogP contribution is 2.39. The molecular formula is C18H26O2. The van der Waals surface area contributed by atoms with Crippen LogP contribution in [0.5, 0.6) is 0 Å². The van der Waals surface area contributed by atoms with Gasteiger partial charge in [0.2, 0.25) is 0 Å². The van der Waals surface area contributed by atoms with Crippen LogP contribution in [0.3, 0.4) is 0 Å². The Morgan fingerprint density at radius 2 is 1.95 bits per heavy atom. The van der Waals surface area contributed by atoms with E-state index in [2.05, 4.69) is 26.8 Å². The Hall–Kier alpha value is -1.15. The predicted octanol–water partition coefficient (Wildman–Crippen LogP) is 4.59. The Kier molecular flexibility index (Phi) is 4.64. The van der Waals surface area contributed by atoms with Gasteiger partial charge < -0.3 is 4.74 Å². The molecular weight excluding hydrogens is 248 g/mol. The Morgan fingerprint density at radius 3 is 2.45 bits per heavy atom. The molecule has 1 aromatic rings. The Labute approximate surface area is 122 Å². The second-order valence-electron chi connectivity index (χ2n) is 6.78. The molecule has 0 aromatic heterocycles. The van der Waals surface area contributed by atoms with Crippen molar-refractivity contribution < 1.29 is 9.53 Å². The van der Waals surface area contributed by atoms with Crippen LogP contribution in [0.4, 0.5) is 0 Å². The zero-order chi connectivity index (χ0) is 14.8. The number of hydrogen-bond donors (Lipinski definition) is 0. The molecule has 0 heterocycles. The fraction of sp³-hybridized carbons (Fsp3) is 0.611. The molecule has 1 unspecified atom stereocenters. The van der Waals surface area contributed by atoms with Crippen LogP contribution in [-0.2, 0) is 4.74 Å². The molecule has 0 radical (unpaired) electrons. The van der Waals surface area contributed by atoms with E-state index < -0.39 is 0 Å². The van der Waals surface area contributed by atoms with Gasteiger partial charge in [-0.05, 0) is 36.7 Å². The first kappa shape index (κ1) is 15.2. The summed E-state index contributed by atoms with van der Waals surface area (Å²) in [7, 11) is 0. The van der Waals surface area contributed by atoms with Crippen LogP contribution >= 0.6 is 0 Å². The summed E-state index contributed by atoms with van der Waals surface area (Å²) in [5, 5.41) is 0. The molecule has 0 aliphatic heterocycles. The van der Waals surface area contributed by atoms with Gasteiger partial charge in [-0.15, -0.1) is 0 Å². The highest BCUT2D eigenvalue weighted by molar-refractivity contribution is 6.01. The lowest BCUT2D eigenvalue weighted by molar-refractivity contribution is -0.000340. The lowest BCUT2D eigenvalue weighted by atomic mass is 9.75. The van der Waals surface area contributed by atoms with Gasteiger partial charge in [-0.2, -0.15) is 0 Å². The molecule has 2 heteroatoms. The largest absolute Gasteiger partial charge is 0.370 e. The summed E-state index contributed by atoms with van der Waals surface area (Å²) in [6, 6.07) is 8.08. The molecule has 1 aromatic carbocycles. The first-order valence-corrected chi connectivity index (χ1v) is 7.70. The van der Waals surface area contributed by atoms with Gasteiger partial charge in [0.05, 0.1) is 0 Å². The zero-order valence-electron chi connectivity index (χ0n) is 13.1. The van der Waals surface area contributed by atoms with Crippen LogP contribution in [-0.4, -0.2) is 18.5 Å². The monoisotopic (exact) mass is 274 g/mol. The third kappa shape index (κ3) is 3.12. The maximum absolute atomic E-state index is 12.9. The van der Waals surface area contributed by atoms with Crippen molar-refractivity contribution in [2.45, 2.75) is 59.0 Å². The quantitative estimate of drug-likeness (QED) is 0.734. The van der Waals surface area contributed by atoms with Crippen molar-refractivity contribution in [3.63, 3.8) is 0 Å². The average Bonchev–Trinajstić information content (AvgIpc) is 2.32. The summed E-state index contributed by atoms with van der Waals surface area (Å²) < 4.78 is 5.76. The van der Waals surface area contributed by atoms with Crippen molar-refractivity contribution in [2.75, 3.05) is 6.61 Å². The predicted molar refractivity (Wildman–Crippen MR) is 82.2 cm³/mol. The maximum Gasteiger partial charge on any atom is 0.192 e. The number of carbonyl (C=O) groups is 1. The van der Waals surface area contributed by atoms with Gasteiger partial charge in [-0.3, -0.25) is 4.79 Å². The van der Waals surface area contributed by atoms with Crippen molar-refractivity contribution in [3.05, 3.63) is 35.4 Å². The molecule has 0 amide bonds. The van der Waals surface area contributed by atoms with E-state index in [1.54, 1.807) is 0 Å². The number of hydrogen-bond acceptors (Lipinski definition) is 2. The molecule has 1 saturated carbocycles. The molecule has 0 saturated heterocycles. The van der Waals surface area contributed by atoms with Crippen molar-refractivity contribution >= 4 is 5.78 Å². The van der Waals surface area contributed by atoms with E-state index in [-0.39, 0.29) is 17.3 Å². The van der Waals surface area contributed by atoms with E-state index in [4.69, 9.17) is 4.74 Å². The SMILES string of the molecule is CCOC(C(=O)c1ccccc1C1CCC1)C(C)(C)C. The Morgan fingerprint density at radius 1 is 1.30 bits per heavy atom. The highest BCUT2D eigenvalue weighted by Gasteiger charge is 2.34. The third-order valence-corrected chi connectivity index (χ3v) is 4.13. The molecule has 0 N–H and O–H groups in total. The van der Waals surface area contributed by atoms with Gasteiger partial charge in [0, 0.05) is 12.2 Å². The Balaban J connectivity index is 2.31. The first-order chi connectivity index (χ1) is 9.45. The van der Waals surface area contributed by atoms with Crippen LogP contribution < -0.4 is 0 Å².